The van der Waals surface area contributed by atoms with Crippen molar-refractivity contribution in [2.45, 2.75) is 116 Å². The van der Waals surface area contributed by atoms with Crippen LogP contribution >= 0.6 is 0 Å². The molecule has 0 heterocycles. The molecule has 0 radical (unpaired) electrons. The van der Waals surface area contributed by atoms with E-state index >= 15 is 0 Å². The van der Waals surface area contributed by atoms with Gasteiger partial charge < -0.3 is 40.1 Å². The van der Waals surface area contributed by atoms with E-state index in [4.69, 9.17) is 29.4 Å². The summed E-state index contributed by atoms with van der Waals surface area (Å²) in [6, 6.07) is 7.82. The van der Waals surface area contributed by atoms with E-state index in [0.29, 0.717) is 18.9 Å². The van der Waals surface area contributed by atoms with Crippen molar-refractivity contribution in [3.8, 4) is 0 Å². The first-order valence-corrected chi connectivity index (χ1v) is 14.5. The van der Waals surface area contributed by atoms with E-state index in [1.165, 1.54) is 13.5 Å². The maximum Gasteiger partial charge on any atom is 0.407 e. The number of carbonyl (C=O) groups excluding carboxylic acids is 2. The van der Waals surface area contributed by atoms with Crippen LogP contribution in [0.5, 0.6) is 0 Å². The second-order valence-corrected chi connectivity index (χ2v) is 11.5. The van der Waals surface area contributed by atoms with Crippen molar-refractivity contribution in [3.05, 3.63) is 35.9 Å². The average molecular weight is 566 g/mol. The van der Waals surface area contributed by atoms with E-state index in [2.05, 4.69) is 10.6 Å². The zero-order chi connectivity index (χ0) is 29.5. The molecule has 0 spiro atoms. The van der Waals surface area contributed by atoms with E-state index in [-0.39, 0.29) is 19.1 Å². The van der Waals surface area contributed by atoms with Crippen LogP contribution in [0.1, 0.15) is 78.7 Å². The van der Waals surface area contributed by atoms with Gasteiger partial charge in [-0.05, 0) is 52.5 Å². The van der Waals surface area contributed by atoms with Crippen LogP contribution in [0.25, 0.3) is 0 Å². The number of rotatable bonds is 16. The van der Waals surface area contributed by atoms with Gasteiger partial charge in [0.2, 0.25) is 0 Å². The number of nitrogens with one attached hydrogen (secondary N) is 2. The van der Waals surface area contributed by atoms with Crippen LogP contribution in [0, 0.1) is 5.92 Å². The monoisotopic (exact) mass is 565 g/mol. The number of hydrogen-bond donors (Lipinski definition) is 3. The number of methoxy groups -OCH3 is 1. The number of ether oxygens (including phenoxy) is 5. The molecular formula is C30H51N3O7. The maximum absolute atomic E-state index is 12.9. The van der Waals surface area contributed by atoms with Crippen LogP contribution in [0.3, 0.4) is 0 Å². The van der Waals surface area contributed by atoms with Crippen molar-refractivity contribution in [2.24, 2.45) is 11.7 Å². The summed E-state index contributed by atoms with van der Waals surface area (Å²) in [6.45, 7) is 8.85. The van der Waals surface area contributed by atoms with Crippen molar-refractivity contribution in [1.29, 1.82) is 0 Å². The first kappa shape index (κ1) is 34.0. The lowest BCUT2D eigenvalue weighted by Gasteiger charge is -2.37. The van der Waals surface area contributed by atoms with Crippen LogP contribution < -0.4 is 16.4 Å². The third kappa shape index (κ3) is 13.0. The Bertz CT molecular complexity index is 859. The fraction of sp³-hybridized carbons (Fsp3) is 0.733. The quantitative estimate of drug-likeness (QED) is 0.199. The number of hydrogen-bond acceptors (Lipinski definition) is 9. The van der Waals surface area contributed by atoms with Crippen molar-refractivity contribution < 1.29 is 33.3 Å². The van der Waals surface area contributed by atoms with E-state index in [1.54, 1.807) is 6.92 Å². The molecule has 1 aliphatic rings. The highest BCUT2D eigenvalue weighted by molar-refractivity contribution is 5.75. The zero-order valence-corrected chi connectivity index (χ0v) is 25.1. The molecule has 0 saturated heterocycles. The molecule has 40 heavy (non-hydrogen) atoms. The van der Waals surface area contributed by atoms with Gasteiger partial charge in [-0.1, -0.05) is 62.4 Å². The van der Waals surface area contributed by atoms with Gasteiger partial charge in [-0.3, -0.25) is 4.79 Å². The fourth-order valence-electron chi connectivity index (χ4n) is 4.80. The second kappa shape index (κ2) is 17.5. The molecule has 10 nitrogen and oxygen atoms in total. The van der Waals surface area contributed by atoms with Crippen molar-refractivity contribution in [2.75, 3.05) is 20.3 Å². The Morgan fingerprint density at radius 2 is 1.77 bits per heavy atom. The van der Waals surface area contributed by atoms with Crippen LogP contribution in [0.15, 0.2) is 30.3 Å². The molecule has 2 unspecified atom stereocenters. The van der Waals surface area contributed by atoms with Gasteiger partial charge in [-0.25, -0.2) is 4.79 Å². The Balaban J connectivity index is 2.14. The summed E-state index contributed by atoms with van der Waals surface area (Å²) in [4.78, 5) is 25.5. The Kier molecular flexibility index (Phi) is 14.9. The molecule has 0 aliphatic heterocycles. The standard InChI is InChI=1S/C30H51N3O7/c1-7-37-29(36-6)39-26(24(31)19-32-21(2)27(34)38-20-23-16-12-9-13-17-23)25(18-22-14-10-8-11-15-22)33-28(35)40-30(3,4)5/h9,12-13,16-17,21-22,24-26,29,32H,7-8,10-11,14-15,18-20,31H2,1-6H3,(H,33,35)/t21?,24-,25-,26+,29?/m0/s1. The highest BCUT2D eigenvalue weighted by Gasteiger charge is 2.36. The minimum atomic E-state index is -0.969. The lowest BCUT2D eigenvalue weighted by Crippen LogP contribution is -2.58. The number of alkyl carbamates (subject to hydrolysis) is 1. The predicted molar refractivity (Wildman–Crippen MR) is 153 cm³/mol. The average Bonchev–Trinajstić information content (AvgIpc) is 2.92. The molecule has 2 rings (SSSR count). The summed E-state index contributed by atoms with van der Waals surface area (Å²) >= 11 is 0. The molecule has 10 heteroatoms. The van der Waals surface area contributed by atoms with Crippen molar-refractivity contribution in [3.63, 3.8) is 0 Å². The SMILES string of the molecule is CCOC(OC)O[C@@H]([C@H](CC1CCCCC1)NC(=O)OC(C)(C)C)[C@@H](N)CNC(C)C(=O)OCc1ccccc1. The molecule has 1 aromatic rings. The molecule has 0 bridgehead atoms. The smallest absolute Gasteiger partial charge is 0.407 e. The maximum atomic E-state index is 12.9. The Morgan fingerprint density at radius 1 is 1.10 bits per heavy atom. The summed E-state index contributed by atoms with van der Waals surface area (Å²) in [5.74, 6) is 0.0307. The van der Waals surface area contributed by atoms with Gasteiger partial charge in [-0.15, -0.1) is 0 Å². The predicted octanol–water partition coefficient (Wildman–Crippen LogP) is 4.25. The fourth-order valence-corrected chi connectivity index (χ4v) is 4.80. The molecule has 228 valence electrons. The third-order valence-electron chi connectivity index (χ3n) is 6.83. The van der Waals surface area contributed by atoms with Gasteiger partial charge in [0.1, 0.15) is 18.2 Å². The van der Waals surface area contributed by atoms with Crippen LogP contribution in [0.4, 0.5) is 4.79 Å². The van der Waals surface area contributed by atoms with Gasteiger partial charge in [0, 0.05) is 26.3 Å². The minimum absolute atomic E-state index is 0.191. The first-order valence-electron chi connectivity index (χ1n) is 14.5. The van der Waals surface area contributed by atoms with Crippen molar-refractivity contribution >= 4 is 12.1 Å². The Labute approximate surface area is 240 Å². The molecule has 1 saturated carbocycles. The Hall–Kier alpha value is -2.24. The molecule has 4 N–H and O–H groups in total. The molecule has 5 atom stereocenters. The molecule has 1 aliphatic carbocycles. The second-order valence-electron chi connectivity index (χ2n) is 11.5. The van der Waals surface area contributed by atoms with E-state index in [1.807, 2.05) is 58.0 Å². The van der Waals surface area contributed by atoms with Gasteiger partial charge in [0.25, 0.3) is 6.48 Å². The number of nitrogens with two attached hydrogens (primary N) is 1. The van der Waals surface area contributed by atoms with Crippen molar-refractivity contribution in [1.82, 2.24) is 10.6 Å². The summed E-state index contributed by atoms with van der Waals surface area (Å²) in [5, 5.41) is 6.19. The van der Waals surface area contributed by atoms with Crippen LogP contribution in [0.2, 0.25) is 0 Å². The topological polar surface area (TPSA) is 130 Å². The largest absolute Gasteiger partial charge is 0.460 e. The molecule has 0 aromatic heterocycles. The summed E-state index contributed by atoms with van der Waals surface area (Å²) in [7, 11) is 1.49. The summed E-state index contributed by atoms with van der Waals surface area (Å²) in [6.07, 6.45) is 5.15. The lowest BCUT2D eigenvalue weighted by molar-refractivity contribution is -0.298. The number of amides is 1. The van der Waals surface area contributed by atoms with Gasteiger partial charge in [0.15, 0.2) is 0 Å². The molecular weight excluding hydrogens is 514 g/mol. The molecule has 1 amide bonds. The van der Waals surface area contributed by atoms with Gasteiger partial charge in [-0.2, -0.15) is 0 Å². The third-order valence-corrected chi connectivity index (χ3v) is 6.83. The summed E-state index contributed by atoms with van der Waals surface area (Å²) in [5.41, 5.74) is 6.95. The normalized spacial score (nSPS) is 18.3. The van der Waals surface area contributed by atoms with Gasteiger partial charge in [0.05, 0.1) is 12.1 Å². The summed E-state index contributed by atoms with van der Waals surface area (Å²) < 4.78 is 28.3. The first-order chi connectivity index (χ1) is 19.0. The highest BCUT2D eigenvalue weighted by atomic mass is 16.8. The number of carbonyl (C=O) groups is 2. The lowest BCUT2D eigenvalue weighted by atomic mass is 9.83. The van der Waals surface area contributed by atoms with Gasteiger partial charge >= 0.3 is 12.1 Å². The molecule has 1 fully saturated rings. The molecule has 1 aromatic carbocycles. The highest BCUT2D eigenvalue weighted by Crippen LogP contribution is 2.29. The van der Waals surface area contributed by atoms with E-state index < -0.39 is 42.4 Å². The number of benzene rings is 1. The van der Waals surface area contributed by atoms with Crippen LogP contribution in [-0.4, -0.2) is 68.6 Å². The zero-order valence-electron chi connectivity index (χ0n) is 25.1. The Morgan fingerprint density at radius 3 is 2.38 bits per heavy atom. The van der Waals surface area contributed by atoms with E-state index in [9.17, 15) is 9.59 Å². The van der Waals surface area contributed by atoms with E-state index in [0.717, 1.165) is 31.2 Å². The van der Waals surface area contributed by atoms with Crippen LogP contribution in [-0.2, 0) is 35.1 Å². The number of esters is 1. The minimum Gasteiger partial charge on any atom is -0.460 e.